The van der Waals surface area contributed by atoms with E-state index in [1.54, 1.807) is 36.5 Å². The third kappa shape index (κ3) is 4.29. The van der Waals surface area contributed by atoms with Gasteiger partial charge in [0, 0.05) is 17.1 Å². The maximum atomic E-state index is 12.6. The molecule has 0 saturated carbocycles. The average Bonchev–Trinajstić information content (AvgIpc) is 2.74. The van der Waals surface area contributed by atoms with Crippen LogP contribution in [-0.2, 0) is 9.53 Å². The number of pyridine rings is 1. The number of carbonyl (C=O) groups excluding carboxylic acids is 2. The normalized spacial score (nSPS) is 11.6. The molecule has 0 aliphatic rings. The van der Waals surface area contributed by atoms with E-state index in [4.69, 9.17) is 14.2 Å². The van der Waals surface area contributed by atoms with E-state index in [1.165, 1.54) is 21.1 Å². The number of carbonyl (C=O) groups is 2. The standard InChI is InChI=1S/C22H22N2O5/c1-13-19(27-3)11-15(12-20(13)28-4)22(26)29-14(2)21(25)24-18-9-5-8-17-16(18)7-6-10-23-17/h5-12,14H,1-4H3,(H,24,25). The Morgan fingerprint density at radius 1 is 1.03 bits per heavy atom. The predicted octanol–water partition coefficient (Wildman–Crippen LogP) is 3.74. The lowest BCUT2D eigenvalue weighted by Crippen LogP contribution is -2.30. The summed E-state index contributed by atoms with van der Waals surface area (Å²) in [6.45, 7) is 3.33. The van der Waals surface area contributed by atoms with Crippen LogP contribution in [-0.4, -0.2) is 37.2 Å². The van der Waals surface area contributed by atoms with E-state index in [1.807, 2.05) is 19.1 Å². The van der Waals surface area contributed by atoms with Gasteiger partial charge in [-0.2, -0.15) is 0 Å². The number of nitrogens with zero attached hydrogens (tertiary/aromatic N) is 1. The van der Waals surface area contributed by atoms with Gasteiger partial charge in [-0.3, -0.25) is 9.78 Å². The molecule has 2 aromatic carbocycles. The lowest BCUT2D eigenvalue weighted by Gasteiger charge is -2.16. The highest BCUT2D eigenvalue weighted by molar-refractivity contribution is 6.03. The third-order valence-corrected chi connectivity index (χ3v) is 4.54. The van der Waals surface area contributed by atoms with Crippen LogP contribution in [0.3, 0.4) is 0 Å². The Labute approximate surface area is 168 Å². The molecular formula is C22H22N2O5. The van der Waals surface area contributed by atoms with Crippen molar-refractivity contribution in [2.24, 2.45) is 0 Å². The molecule has 1 atom stereocenters. The number of hydrogen-bond donors (Lipinski definition) is 1. The molecule has 1 unspecified atom stereocenters. The number of ether oxygens (including phenoxy) is 3. The first-order chi connectivity index (χ1) is 13.9. The second-order valence-electron chi connectivity index (χ2n) is 6.42. The Morgan fingerprint density at radius 2 is 1.72 bits per heavy atom. The van der Waals surface area contributed by atoms with E-state index < -0.39 is 18.0 Å². The van der Waals surface area contributed by atoms with Crippen molar-refractivity contribution in [2.75, 3.05) is 19.5 Å². The molecule has 0 fully saturated rings. The maximum Gasteiger partial charge on any atom is 0.339 e. The molecule has 0 aliphatic heterocycles. The van der Waals surface area contributed by atoms with Gasteiger partial charge in [-0.05, 0) is 50.2 Å². The Morgan fingerprint density at radius 3 is 2.38 bits per heavy atom. The number of benzene rings is 2. The molecule has 1 heterocycles. The van der Waals surface area contributed by atoms with E-state index in [-0.39, 0.29) is 5.56 Å². The highest BCUT2D eigenvalue weighted by Gasteiger charge is 2.21. The smallest absolute Gasteiger partial charge is 0.339 e. The molecule has 1 amide bonds. The molecule has 0 bridgehead atoms. The Kier molecular flexibility index (Phi) is 5.97. The number of methoxy groups -OCH3 is 2. The molecule has 3 rings (SSSR count). The molecule has 3 aromatic rings. The van der Waals surface area contributed by atoms with Crippen LogP contribution in [0.2, 0.25) is 0 Å². The number of rotatable bonds is 6. The lowest BCUT2D eigenvalue weighted by atomic mass is 10.1. The van der Waals surface area contributed by atoms with Crippen molar-refractivity contribution in [3.8, 4) is 11.5 Å². The van der Waals surface area contributed by atoms with Gasteiger partial charge in [0.05, 0.1) is 31.0 Å². The number of amides is 1. The maximum absolute atomic E-state index is 12.6. The first kappa shape index (κ1) is 20.1. The largest absolute Gasteiger partial charge is 0.496 e. The van der Waals surface area contributed by atoms with Crippen LogP contribution in [0.4, 0.5) is 5.69 Å². The van der Waals surface area contributed by atoms with Gasteiger partial charge in [0.25, 0.3) is 5.91 Å². The van der Waals surface area contributed by atoms with Crippen LogP contribution in [0, 0.1) is 6.92 Å². The van der Waals surface area contributed by atoms with Crippen molar-refractivity contribution in [3.63, 3.8) is 0 Å². The van der Waals surface area contributed by atoms with Crippen molar-refractivity contribution < 1.29 is 23.8 Å². The number of nitrogens with one attached hydrogen (secondary N) is 1. The summed E-state index contributed by atoms with van der Waals surface area (Å²) in [6.07, 6.45) is 0.676. The zero-order chi connectivity index (χ0) is 21.0. The highest BCUT2D eigenvalue weighted by Crippen LogP contribution is 2.30. The summed E-state index contributed by atoms with van der Waals surface area (Å²) in [5, 5.41) is 3.59. The number of hydrogen-bond acceptors (Lipinski definition) is 6. The molecule has 7 nitrogen and oxygen atoms in total. The van der Waals surface area contributed by atoms with E-state index in [0.29, 0.717) is 17.2 Å². The third-order valence-electron chi connectivity index (χ3n) is 4.54. The van der Waals surface area contributed by atoms with Crippen molar-refractivity contribution in [2.45, 2.75) is 20.0 Å². The summed E-state index contributed by atoms with van der Waals surface area (Å²) in [6, 6.07) is 12.2. The van der Waals surface area contributed by atoms with Gasteiger partial charge < -0.3 is 19.5 Å². The summed E-state index contributed by atoms with van der Waals surface area (Å²) in [4.78, 5) is 29.4. The van der Waals surface area contributed by atoms with Gasteiger partial charge in [0.2, 0.25) is 0 Å². The Balaban J connectivity index is 1.75. The van der Waals surface area contributed by atoms with Gasteiger partial charge in [0.1, 0.15) is 11.5 Å². The Bertz CT molecular complexity index is 1030. The van der Waals surface area contributed by atoms with Crippen LogP contribution in [0.25, 0.3) is 10.9 Å². The molecule has 0 spiro atoms. The topological polar surface area (TPSA) is 86.8 Å². The van der Waals surface area contributed by atoms with E-state index in [2.05, 4.69) is 10.3 Å². The van der Waals surface area contributed by atoms with Gasteiger partial charge in [-0.15, -0.1) is 0 Å². The first-order valence-electron chi connectivity index (χ1n) is 9.02. The zero-order valence-corrected chi connectivity index (χ0v) is 16.7. The van der Waals surface area contributed by atoms with Crippen LogP contribution in [0.5, 0.6) is 11.5 Å². The van der Waals surface area contributed by atoms with Crippen LogP contribution >= 0.6 is 0 Å². The van der Waals surface area contributed by atoms with Gasteiger partial charge in [0.15, 0.2) is 6.10 Å². The number of esters is 1. The Hall–Kier alpha value is -3.61. The molecule has 150 valence electrons. The van der Waals surface area contributed by atoms with Gasteiger partial charge in [-0.1, -0.05) is 6.07 Å². The van der Waals surface area contributed by atoms with Gasteiger partial charge in [-0.25, -0.2) is 4.79 Å². The fourth-order valence-corrected chi connectivity index (χ4v) is 2.93. The average molecular weight is 394 g/mol. The molecule has 7 heteroatoms. The van der Waals surface area contributed by atoms with Crippen molar-refractivity contribution in [1.82, 2.24) is 4.98 Å². The minimum atomic E-state index is -1.01. The van der Waals surface area contributed by atoms with Crippen molar-refractivity contribution >= 4 is 28.5 Å². The van der Waals surface area contributed by atoms with E-state index in [0.717, 1.165) is 16.5 Å². The fourth-order valence-electron chi connectivity index (χ4n) is 2.93. The number of anilines is 1. The lowest BCUT2D eigenvalue weighted by molar-refractivity contribution is -0.123. The monoisotopic (exact) mass is 394 g/mol. The molecule has 0 saturated heterocycles. The number of aromatic nitrogens is 1. The minimum absolute atomic E-state index is 0.235. The molecule has 1 N–H and O–H groups in total. The van der Waals surface area contributed by atoms with Crippen LogP contribution in [0.15, 0.2) is 48.7 Å². The van der Waals surface area contributed by atoms with E-state index >= 15 is 0 Å². The fraction of sp³-hybridized carbons (Fsp3) is 0.227. The summed E-state index contributed by atoms with van der Waals surface area (Å²) < 4.78 is 15.9. The predicted molar refractivity (Wildman–Crippen MR) is 110 cm³/mol. The molecule has 0 radical (unpaired) electrons. The van der Waals surface area contributed by atoms with Crippen LogP contribution < -0.4 is 14.8 Å². The molecular weight excluding hydrogens is 372 g/mol. The summed E-state index contributed by atoms with van der Waals surface area (Å²) in [7, 11) is 3.01. The summed E-state index contributed by atoms with van der Waals surface area (Å²) in [5.41, 5.74) is 2.36. The zero-order valence-electron chi connectivity index (χ0n) is 16.7. The first-order valence-corrected chi connectivity index (χ1v) is 9.02. The second kappa shape index (κ2) is 8.60. The summed E-state index contributed by atoms with van der Waals surface area (Å²) in [5.74, 6) is -0.0992. The molecule has 0 aliphatic carbocycles. The van der Waals surface area contributed by atoms with Gasteiger partial charge >= 0.3 is 5.97 Å². The van der Waals surface area contributed by atoms with Crippen LogP contribution in [0.1, 0.15) is 22.8 Å². The minimum Gasteiger partial charge on any atom is -0.496 e. The highest BCUT2D eigenvalue weighted by atomic mass is 16.5. The van der Waals surface area contributed by atoms with Crippen molar-refractivity contribution in [1.29, 1.82) is 0 Å². The molecule has 29 heavy (non-hydrogen) atoms. The summed E-state index contributed by atoms with van der Waals surface area (Å²) >= 11 is 0. The second-order valence-corrected chi connectivity index (χ2v) is 6.42. The van der Waals surface area contributed by atoms with E-state index in [9.17, 15) is 9.59 Å². The van der Waals surface area contributed by atoms with Crippen molar-refractivity contribution in [3.05, 3.63) is 59.8 Å². The quantitative estimate of drug-likeness (QED) is 0.641. The SMILES string of the molecule is COc1cc(C(=O)OC(C)C(=O)Nc2cccc3ncccc23)cc(OC)c1C. The molecule has 1 aromatic heterocycles. The number of fused-ring (bicyclic) bond motifs is 1.